The normalized spacial score (nSPS) is 10.6. The number of hydrogen-bond donors (Lipinski definition) is 0. The molecule has 0 saturated heterocycles. The Balaban J connectivity index is 2.25. The quantitative estimate of drug-likeness (QED) is 0.457. The second-order valence-electron chi connectivity index (χ2n) is 4.25. The van der Waals surface area contributed by atoms with Crippen molar-refractivity contribution in [2.45, 2.75) is 26.2 Å². The molecule has 0 aliphatic rings. The number of nitrogens with zero attached hydrogens (tertiary/aromatic N) is 3. The Morgan fingerprint density at radius 1 is 1.37 bits per heavy atom. The number of benzene rings is 1. The van der Waals surface area contributed by atoms with Crippen molar-refractivity contribution in [1.29, 1.82) is 0 Å². The fraction of sp³-hybridized carbons (Fsp3) is 0.308. The van der Waals surface area contributed by atoms with Gasteiger partial charge in [-0.25, -0.2) is 4.68 Å². The molecule has 2 aromatic rings. The first-order valence-corrected chi connectivity index (χ1v) is 7.19. The van der Waals surface area contributed by atoms with Gasteiger partial charge in [-0.15, -0.1) is 0 Å². The molecule has 0 aliphatic heterocycles. The minimum absolute atomic E-state index is 0.0946. The molecule has 0 atom stereocenters. The summed E-state index contributed by atoms with van der Waals surface area (Å²) in [6.45, 7) is 2.15. The van der Waals surface area contributed by atoms with Crippen LogP contribution in [-0.4, -0.2) is 14.7 Å². The molecular formula is C13H14IN3O2. The average molecular weight is 371 g/mol. The summed E-state index contributed by atoms with van der Waals surface area (Å²) in [5.41, 5.74) is 2.00. The molecule has 19 heavy (non-hydrogen) atoms. The van der Waals surface area contributed by atoms with Crippen LogP contribution in [0.1, 0.15) is 25.5 Å². The van der Waals surface area contributed by atoms with Gasteiger partial charge in [0.25, 0.3) is 5.69 Å². The maximum atomic E-state index is 10.6. The van der Waals surface area contributed by atoms with Crippen LogP contribution in [0.15, 0.2) is 30.3 Å². The van der Waals surface area contributed by atoms with Crippen LogP contribution in [0.4, 0.5) is 5.69 Å². The molecule has 1 aromatic carbocycles. The van der Waals surface area contributed by atoms with E-state index in [0.29, 0.717) is 0 Å². The number of rotatable bonds is 5. The van der Waals surface area contributed by atoms with Gasteiger partial charge in [0.05, 0.1) is 16.3 Å². The minimum atomic E-state index is -0.398. The number of nitro benzene ring substituents is 1. The molecule has 0 bridgehead atoms. The standard InChI is InChI=1S/C13H14IN3O2/c1-2-3-4-10-9-13(14)16(15-10)11-5-7-12(8-6-11)17(18)19/h5-9H,2-4H2,1H3. The summed E-state index contributed by atoms with van der Waals surface area (Å²) < 4.78 is 2.83. The molecule has 1 aromatic heterocycles. The van der Waals surface area contributed by atoms with Gasteiger partial charge >= 0.3 is 0 Å². The molecule has 6 heteroatoms. The lowest BCUT2D eigenvalue weighted by Gasteiger charge is -2.02. The van der Waals surface area contributed by atoms with Crippen molar-refractivity contribution in [1.82, 2.24) is 9.78 Å². The predicted octanol–water partition coefficient (Wildman–Crippen LogP) is 3.73. The zero-order valence-electron chi connectivity index (χ0n) is 10.5. The van der Waals surface area contributed by atoms with Gasteiger partial charge in [0.15, 0.2) is 0 Å². The van der Waals surface area contributed by atoms with Crippen molar-refractivity contribution >= 4 is 28.3 Å². The summed E-state index contributed by atoms with van der Waals surface area (Å²) in [6, 6.07) is 8.49. The van der Waals surface area contributed by atoms with Crippen molar-refractivity contribution < 1.29 is 4.92 Å². The van der Waals surface area contributed by atoms with E-state index in [1.807, 2.05) is 4.68 Å². The monoisotopic (exact) mass is 371 g/mol. The number of nitro groups is 1. The number of aryl methyl sites for hydroxylation is 1. The summed E-state index contributed by atoms with van der Waals surface area (Å²) in [5, 5.41) is 15.2. The second-order valence-corrected chi connectivity index (χ2v) is 5.35. The molecule has 1 heterocycles. The molecule has 0 amide bonds. The molecule has 0 fully saturated rings. The van der Waals surface area contributed by atoms with Crippen LogP contribution in [0.3, 0.4) is 0 Å². The molecule has 0 N–H and O–H groups in total. The molecule has 100 valence electrons. The third-order valence-corrected chi connectivity index (χ3v) is 3.58. The summed E-state index contributed by atoms with van der Waals surface area (Å²) >= 11 is 2.23. The number of hydrogen-bond acceptors (Lipinski definition) is 3. The van der Waals surface area contributed by atoms with E-state index in [1.54, 1.807) is 12.1 Å². The highest BCUT2D eigenvalue weighted by Gasteiger charge is 2.09. The molecule has 2 rings (SSSR count). The average Bonchev–Trinajstić information content (AvgIpc) is 2.77. The maximum absolute atomic E-state index is 10.6. The van der Waals surface area contributed by atoms with E-state index in [2.05, 4.69) is 40.7 Å². The second kappa shape index (κ2) is 6.14. The first kappa shape index (κ1) is 14.0. The number of halogens is 1. The Morgan fingerprint density at radius 3 is 2.63 bits per heavy atom. The minimum Gasteiger partial charge on any atom is -0.258 e. The van der Waals surface area contributed by atoms with Crippen molar-refractivity contribution in [2.75, 3.05) is 0 Å². The third-order valence-electron chi connectivity index (χ3n) is 2.81. The fourth-order valence-electron chi connectivity index (χ4n) is 1.78. The Kier molecular flexibility index (Phi) is 4.52. The summed E-state index contributed by atoms with van der Waals surface area (Å²) in [6.07, 6.45) is 3.22. The maximum Gasteiger partial charge on any atom is 0.269 e. The molecule has 0 saturated carbocycles. The van der Waals surface area contributed by atoms with E-state index in [-0.39, 0.29) is 5.69 Å². The molecule has 0 unspecified atom stereocenters. The highest BCUT2D eigenvalue weighted by Crippen LogP contribution is 2.19. The largest absolute Gasteiger partial charge is 0.269 e. The van der Waals surface area contributed by atoms with Gasteiger partial charge in [-0.2, -0.15) is 5.10 Å². The lowest BCUT2D eigenvalue weighted by Crippen LogP contribution is -1.99. The Hall–Kier alpha value is -1.44. The summed E-state index contributed by atoms with van der Waals surface area (Å²) in [4.78, 5) is 10.2. The fourth-order valence-corrected chi connectivity index (χ4v) is 2.53. The van der Waals surface area contributed by atoms with Crippen molar-refractivity contribution in [2.24, 2.45) is 0 Å². The van der Waals surface area contributed by atoms with E-state index in [1.165, 1.54) is 12.1 Å². The number of unbranched alkanes of at least 4 members (excludes halogenated alkanes) is 1. The summed E-state index contributed by atoms with van der Waals surface area (Å²) in [7, 11) is 0. The number of non-ortho nitro benzene ring substituents is 1. The van der Waals surface area contributed by atoms with Crippen molar-refractivity contribution in [3.05, 3.63) is 49.8 Å². The zero-order chi connectivity index (χ0) is 13.8. The van der Waals surface area contributed by atoms with Crippen LogP contribution in [0.2, 0.25) is 0 Å². The lowest BCUT2D eigenvalue weighted by molar-refractivity contribution is -0.384. The number of aromatic nitrogens is 2. The van der Waals surface area contributed by atoms with Crippen LogP contribution in [-0.2, 0) is 6.42 Å². The molecular weight excluding hydrogens is 357 g/mol. The van der Waals surface area contributed by atoms with Crippen molar-refractivity contribution in [3.8, 4) is 5.69 Å². The van der Waals surface area contributed by atoms with Gasteiger partial charge in [-0.05, 0) is 53.6 Å². The van der Waals surface area contributed by atoms with E-state index in [0.717, 1.165) is 34.3 Å². The van der Waals surface area contributed by atoms with Crippen molar-refractivity contribution in [3.63, 3.8) is 0 Å². The van der Waals surface area contributed by atoms with Gasteiger partial charge < -0.3 is 0 Å². The topological polar surface area (TPSA) is 61.0 Å². The predicted molar refractivity (Wildman–Crippen MR) is 81.5 cm³/mol. The van der Waals surface area contributed by atoms with Gasteiger partial charge in [-0.3, -0.25) is 10.1 Å². The third kappa shape index (κ3) is 3.31. The molecule has 0 spiro atoms. The first-order valence-electron chi connectivity index (χ1n) is 6.11. The highest BCUT2D eigenvalue weighted by atomic mass is 127. The van der Waals surface area contributed by atoms with Gasteiger partial charge in [0, 0.05) is 12.1 Å². The van der Waals surface area contributed by atoms with E-state index >= 15 is 0 Å². The lowest BCUT2D eigenvalue weighted by atomic mass is 10.2. The first-order chi connectivity index (χ1) is 9.11. The van der Waals surface area contributed by atoms with Gasteiger partial charge in [0.2, 0.25) is 0 Å². The SMILES string of the molecule is CCCCc1cc(I)n(-c2ccc([N+](=O)[O-])cc2)n1. The van der Waals surface area contributed by atoms with Crippen LogP contribution in [0.25, 0.3) is 5.69 Å². The van der Waals surface area contributed by atoms with Gasteiger partial charge in [0.1, 0.15) is 3.70 Å². The Labute approximate surface area is 124 Å². The Bertz CT molecular complexity index is 578. The Morgan fingerprint density at radius 2 is 2.05 bits per heavy atom. The van der Waals surface area contributed by atoms with Crippen LogP contribution in [0.5, 0.6) is 0 Å². The molecule has 0 radical (unpaired) electrons. The van der Waals surface area contributed by atoms with Crippen LogP contribution in [0, 0.1) is 13.8 Å². The highest BCUT2D eigenvalue weighted by molar-refractivity contribution is 14.1. The van der Waals surface area contributed by atoms with E-state index < -0.39 is 4.92 Å². The molecule has 5 nitrogen and oxygen atoms in total. The van der Waals surface area contributed by atoms with E-state index in [9.17, 15) is 10.1 Å². The van der Waals surface area contributed by atoms with Crippen LogP contribution < -0.4 is 0 Å². The zero-order valence-corrected chi connectivity index (χ0v) is 12.7. The van der Waals surface area contributed by atoms with Gasteiger partial charge in [-0.1, -0.05) is 13.3 Å². The smallest absolute Gasteiger partial charge is 0.258 e. The molecule has 0 aliphatic carbocycles. The van der Waals surface area contributed by atoms with Crippen LogP contribution >= 0.6 is 22.6 Å². The van der Waals surface area contributed by atoms with E-state index in [4.69, 9.17) is 0 Å². The summed E-state index contributed by atoms with van der Waals surface area (Å²) in [5.74, 6) is 0.